The second kappa shape index (κ2) is 6.32. The van der Waals surface area contributed by atoms with Crippen molar-refractivity contribution in [3.05, 3.63) is 23.8 Å². The van der Waals surface area contributed by atoms with Crippen LogP contribution in [0.15, 0.2) is 18.2 Å². The average Bonchev–Trinajstić information content (AvgIpc) is 2.46. The Morgan fingerprint density at radius 2 is 2.05 bits per heavy atom. The Morgan fingerprint density at radius 3 is 2.67 bits per heavy atom. The minimum Gasteiger partial charge on any atom is -0.488 e. The molecule has 1 aromatic carbocycles. The highest BCUT2D eigenvalue weighted by Gasteiger charge is 2.19. The van der Waals surface area contributed by atoms with Crippen LogP contribution in [0.1, 0.15) is 5.56 Å². The molecule has 2 heterocycles. The van der Waals surface area contributed by atoms with Gasteiger partial charge in [-0.05, 0) is 30.7 Å². The van der Waals surface area contributed by atoms with Crippen molar-refractivity contribution in [1.29, 1.82) is 0 Å². The third-order valence-corrected chi connectivity index (χ3v) is 3.89. The second-order valence-electron chi connectivity index (χ2n) is 5.54. The molecule has 0 bridgehead atoms. The number of benzene rings is 1. The standard InChI is InChI=1S/C15H22N4O2/c1-11-8-12(21-13-9-17-10-13)2-3-14(11)18-15(20)19-6-4-16-5-7-19/h2-3,8,13,16-17H,4-7,9-10H2,1H3,(H,18,20). The highest BCUT2D eigenvalue weighted by molar-refractivity contribution is 5.90. The van der Waals surface area contributed by atoms with Gasteiger partial charge >= 0.3 is 6.03 Å². The van der Waals surface area contributed by atoms with Gasteiger partial charge in [-0.25, -0.2) is 4.79 Å². The second-order valence-corrected chi connectivity index (χ2v) is 5.54. The molecule has 2 aliphatic rings. The van der Waals surface area contributed by atoms with Gasteiger partial charge in [-0.1, -0.05) is 0 Å². The van der Waals surface area contributed by atoms with Crippen LogP contribution in [-0.2, 0) is 0 Å². The van der Waals surface area contributed by atoms with E-state index in [0.717, 1.165) is 56.3 Å². The van der Waals surface area contributed by atoms with Gasteiger partial charge in [0.15, 0.2) is 0 Å². The van der Waals surface area contributed by atoms with Crippen LogP contribution in [0.4, 0.5) is 10.5 Å². The summed E-state index contributed by atoms with van der Waals surface area (Å²) in [7, 11) is 0. The van der Waals surface area contributed by atoms with Gasteiger partial charge in [0, 0.05) is 45.0 Å². The predicted molar refractivity (Wildman–Crippen MR) is 81.9 cm³/mol. The van der Waals surface area contributed by atoms with Crippen molar-refractivity contribution in [1.82, 2.24) is 15.5 Å². The SMILES string of the molecule is Cc1cc(OC2CNC2)ccc1NC(=O)N1CCNCC1. The number of piperazine rings is 1. The molecule has 21 heavy (non-hydrogen) atoms. The Morgan fingerprint density at radius 1 is 1.29 bits per heavy atom. The number of carbonyl (C=O) groups excluding carboxylic acids is 1. The first-order valence-electron chi connectivity index (χ1n) is 7.47. The zero-order chi connectivity index (χ0) is 14.7. The van der Waals surface area contributed by atoms with Crippen LogP contribution in [-0.4, -0.2) is 56.3 Å². The van der Waals surface area contributed by atoms with Crippen molar-refractivity contribution in [3.8, 4) is 5.75 Å². The molecule has 3 rings (SSSR count). The molecule has 6 nitrogen and oxygen atoms in total. The summed E-state index contributed by atoms with van der Waals surface area (Å²) in [5, 5.41) is 9.40. The van der Waals surface area contributed by atoms with Crippen LogP contribution in [0, 0.1) is 6.92 Å². The molecule has 6 heteroatoms. The van der Waals surface area contributed by atoms with E-state index < -0.39 is 0 Å². The minimum atomic E-state index is -0.0311. The van der Waals surface area contributed by atoms with Crippen molar-refractivity contribution in [2.45, 2.75) is 13.0 Å². The summed E-state index contributed by atoms with van der Waals surface area (Å²) in [4.78, 5) is 14.0. The number of anilines is 1. The highest BCUT2D eigenvalue weighted by Crippen LogP contribution is 2.23. The van der Waals surface area contributed by atoms with Crippen LogP contribution in [0.5, 0.6) is 5.75 Å². The van der Waals surface area contributed by atoms with E-state index in [2.05, 4.69) is 16.0 Å². The molecule has 0 unspecified atom stereocenters. The smallest absolute Gasteiger partial charge is 0.321 e. The molecule has 0 spiro atoms. The Labute approximate surface area is 124 Å². The lowest BCUT2D eigenvalue weighted by molar-refractivity contribution is 0.142. The first kappa shape index (κ1) is 14.2. The number of carbonyl (C=O) groups is 1. The van der Waals surface area contributed by atoms with Gasteiger partial charge in [0.05, 0.1) is 0 Å². The fraction of sp³-hybridized carbons (Fsp3) is 0.533. The molecule has 2 aliphatic heterocycles. The van der Waals surface area contributed by atoms with Gasteiger partial charge in [0.2, 0.25) is 0 Å². The van der Waals surface area contributed by atoms with E-state index in [4.69, 9.17) is 4.74 Å². The highest BCUT2D eigenvalue weighted by atomic mass is 16.5. The quantitative estimate of drug-likeness (QED) is 0.770. The fourth-order valence-corrected chi connectivity index (χ4v) is 2.45. The third kappa shape index (κ3) is 3.46. The van der Waals surface area contributed by atoms with Crippen molar-refractivity contribution in [2.75, 3.05) is 44.6 Å². The molecule has 0 radical (unpaired) electrons. The van der Waals surface area contributed by atoms with Gasteiger partial charge in [-0.3, -0.25) is 0 Å². The molecule has 1 aromatic rings. The summed E-state index contributed by atoms with van der Waals surface area (Å²) in [5.74, 6) is 0.860. The van der Waals surface area contributed by atoms with E-state index in [1.807, 2.05) is 30.0 Å². The summed E-state index contributed by atoms with van der Waals surface area (Å²) in [6, 6.07) is 5.78. The Bertz CT molecular complexity index is 510. The zero-order valence-electron chi connectivity index (χ0n) is 12.3. The van der Waals surface area contributed by atoms with Gasteiger partial charge in [-0.2, -0.15) is 0 Å². The number of hydrogen-bond donors (Lipinski definition) is 3. The summed E-state index contributed by atoms with van der Waals surface area (Å²) in [5.41, 5.74) is 1.86. The average molecular weight is 290 g/mol. The van der Waals surface area contributed by atoms with Crippen LogP contribution in [0.3, 0.4) is 0 Å². The van der Waals surface area contributed by atoms with E-state index in [1.54, 1.807) is 0 Å². The maximum Gasteiger partial charge on any atom is 0.321 e. The largest absolute Gasteiger partial charge is 0.488 e. The van der Waals surface area contributed by atoms with Gasteiger partial charge in [-0.15, -0.1) is 0 Å². The topological polar surface area (TPSA) is 65.6 Å². The van der Waals surface area contributed by atoms with E-state index in [1.165, 1.54) is 0 Å². The Balaban J connectivity index is 1.60. The molecular formula is C15H22N4O2. The maximum atomic E-state index is 12.2. The van der Waals surface area contributed by atoms with Crippen molar-refractivity contribution >= 4 is 11.7 Å². The van der Waals surface area contributed by atoms with E-state index >= 15 is 0 Å². The van der Waals surface area contributed by atoms with E-state index in [-0.39, 0.29) is 12.1 Å². The number of ether oxygens (including phenoxy) is 1. The van der Waals surface area contributed by atoms with Crippen molar-refractivity contribution in [2.24, 2.45) is 0 Å². The molecule has 3 N–H and O–H groups in total. The number of nitrogens with one attached hydrogen (secondary N) is 3. The number of aryl methyl sites for hydroxylation is 1. The molecule has 2 amide bonds. The van der Waals surface area contributed by atoms with Crippen LogP contribution < -0.4 is 20.7 Å². The molecule has 2 fully saturated rings. The predicted octanol–water partition coefficient (Wildman–Crippen LogP) is 0.783. The van der Waals surface area contributed by atoms with Gasteiger partial charge in [0.1, 0.15) is 11.9 Å². The van der Waals surface area contributed by atoms with E-state index in [0.29, 0.717) is 0 Å². The van der Waals surface area contributed by atoms with Crippen LogP contribution in [0.2, 0.25) is 0 Å². The first-order chi connectivity index (χ1) is 10.2. The summed E-state index contributed by atoms with van der Waals surface area (Å²) in [6.07, 6.45) is 0.269. The first-order valence-corrected chi connectivity index (χ1v) is 7.47. The Kier molecular flexibility index (Phi) is 4.26. The normalized spacial score (nSPS) is 19.0. The molecule has 0 atom stereocenters. The molecular weight excluding hydrogens is 268 g/mol. The maximum absolute atomic E-state index is 12.2. The van der Waals surface area contributed by atoms with Crippen molar-refractivity contribution in [3.63, 3.8) is 0 Å². The number of rotatable bonds is 3. The molecule has 0 aromatic heterocycles. The fourth-order valence-electron chi connectivity index (χ4n) is 2.45. The summed E-state index contributed by atoms with van der Waals surface area (Å²) in [6.45, 7) is 7.00. The molecule has 114 valence electrons. The van der Waals surface area contributed by atoms with E-state index in [9.17, 15) is 4.79 Å². The molecule has 2 saturated heterocycles. The number of nitrogens with zero attached hydrogens (tertiary/aromatic N) is 1. The zero-order valence-corrected chi connectivity index (χ0v) is 12.3. The van der Waals surface area contributed by atoms with Crippen molar-refractivity contribution < 1.29 is 9.53 Å². The Hall–Kier alpha value is -1.79. The van der Waals surface area contributed by atoms with Gasteiger partial charge in [0.25, 0.3) is 0 Å². The van der Waals surface area contributed by atoms with Crippen LogP contribution in [0.25, 0.3) is 0 Å². The minimum absolute atomic E-state index is 0.0311. The lowest BCUT2D eigenvalue weighted by Crippen LogP contribution is -2.50. The number of amides is 2. The number of hydrogen-bond acceptors (Lipinski definition) is 4. The van der Waals surface area contributed by atoms with Gasteiger partial charge < -0.3 is 25.6 Å². The molecule has 0 saturated carbocycles. The molecule has 0 aliphatic carbocycles. The lowest BCUT2D eigenvalue weighted by Gasteiger charge is -2.29. The summed E-state index contributed by atoms with van der Waals surface area (Å²) < 4.78 is 5.81. The monoisotopic (exact) mass is 290 g/mol. The number of urea groups is 1. The third-order valence-electron chi connectivity index (χ3n) is 3.89. The summed E-state index contributed by atoms with van der Waals surface area (Å²) >= 11 is 0. The lowest BCUT2D eigenvalue weighted by atomic mass is 10.2. The van der Waals surface area contributed by atoms with Crippen LogP contribution >= 0.6 is 0 Å².